The Morgan fingerprint density at radius 1 is 0.867 bits per heavy atom. The van der Waals surface area contributed by atoms with Crippen LogP contribution in [0.15, 0.2) is 71.6 Å². The van der Waals surface area contributed by atoms with E-state index in [1.807, 2.05) is 61.5 Å². The lowest BCUT2D eigenvalue weighted by atomic mass is 9.89. The molecule has 1 aliphatic rings. The van der Waals surface area contributed by atoms with Crippen molar-refractivity contribution in [1.82, 2.24) is 4.31 Å². The number of benzene rings is 3. The van der Waals surface area contributed by atoms with E-state index in [1.165, 1.54) is 0 Å². The zero-order valence-corrected chi connectivity index (χ0v) is 18.1. The molecule has 0 N–H and O–H groups in total. The van der Waals surface area contributed by atoms with Crippen molar-refractivity contribution in [3.05, 3.63) is 89.0 Å². The lowest BCUT2D eigenvalue weighted by Crippen LogP contribution is -2.40. The second kappa shape index (κ2) is 8.13. The molecule has 156 valence electrons. The fourth-order valence-corrected chi connectivity index (χ4v) is 5.53. The SMILES string of the molecule is COc1ccc(C2c3cc(OC)ccc3CCN2S(=O)(=O)c2ccc(C)cc2)cc1. The van der Waals surface area contributed by atoms with Crippen molar-refractivity contribution >= 4 is 10.0 Å². The maximum absolute atomic E-state index is 13.6. The first-order valence-corrected chi connectivity index (χ1v) is 11.3. The minimum Gasteiger partial charge on any atom is -0.497 e. The van der Waals surface area contributed by atoms with Gasteiger partial charge in [-0.05, 0) is 66.4 Å². The number of nitrogens with zero attached hydrogens (tertiary/aromatic N) is 1. The summed E-state index contributed by atoms with van der Waals surface area (Å²) in [5.74, 6) is 1.44. The van der Waals surface area contributed by atoms with E-state index >= 15 is 0 Å². The molecule has 30 heavy (non-hydrogen) atoms. The average molecular weight is 424 g/mol. The van der Waals surface area contributed by atoms with Crippen LogP contribution < -0.4 is 9.47 Å². The van der Waals surface area contributed by atoms with Gasteiger partial charge in [-0.25, -0.2) is 8.42 Å². The summed E-state index contributed by atoms with van der Waals surface area (Å²) in [5, 5.41) is 0. The maximum atomic E-state index is 13.6. The molecule has 0 saturated heterocycles. The molecule has 0 radical (unpaired) electrons. The van der Waals surface area contributed by atoms with E-state index in [0.29, 0.717) is 23.6 Å². The van der Waals surface area contributed by atoms with Gasteiger partial charge in [0.15, 0.2) is 0 Å². The van der Waals surface area contributed by atoms with Crippen molar-refractivity contribution in [3.8, 4) is 11.5 Å². The number of ether oxygens (including phenoxy) is 2. The van der Waals surface area contributed by atoms with E-state index in [1.54, 1.807) is 30.7 Å². The molecule has 3 aromatic rings. The molecule has 0 bridgehead atoms. The van der Waals surface area contributed by atoms with Crippen molar-refractivity contribution in [1.29, 1.82) is 0 Å². The van der Waals surface area contributed by atoms with Crippen LogP contribution in [0, 0.1) is 6.92 Å². The molecule has 3 aromatic carbocycles. The van der Waals surface area contributed by atoms with Gasteiger partial charge in [-0.15, -0.1) is 0 Å². The first-order chi connectivity index (χ1) is 14.4. The van der Waals surface area contributed by atoms with E-state index in [0.717, 1.165) is 28.0 Å². The normalized spacial score (nSPS) is 16.7. The minimum atomic E-state index is -3.69. The monoisotopic (exact) mass is 423 g/mol. The van der Waals surface area contributed by atoms with Crippen LogP contribution in [0.5, 0.6) is 11.5 Å². The second-order valence-corrected chi connectivity index (χ2v) is 9.31. The highest BCUT2D eigenvalue weighted by Gasteiger charge is 2.37. The van der Waals surface area contributed by atoms with Gasteiger partial charge in [0.05, 0.1) is 25.2 Å². The lowest BCUT2D eigenvalue weighted by Gasteiger charge is -2.37. The fourth-order valence-electron chi connectivity index (χ4n) is 3.93. The van der Waals surface area contributed by atoms with Crippen molar-refractivity contribution in [2.75, 3.05) is 20.8 Å². The largest absolute Gasteiger partial charge is 0.497 e. The summed E-state index contributed by atoms with van der Waals surface area (Å²) < 4.78 is 39.6. The van der Waals surface area contributed by atoms with E-state index < -0.39 is 16.1 Å². The fraction of sp³-hybridized carbons (Fsp3) is 0.250. The number of sulfonamides is 1. The summed E-state index contributed by atoms with van der Waals surface area (Å²) in [5.41, 5.74) is 3.99. The van der Waals surface area contributed by atoms with Crippen molar-refractivity contribution < 1.29 is 17.9 Å². The molecule has 0 fully saturated rings. The Labute approximate surface area is 177 Å². The number of methoxy groups -OCH3 is 2. The van der Waals surface area contributed by atoms with Crippen LogP contribution in [-0.2, 0) is 16.4 Å². The van der Waals surface area contributed by atoms with Gasteiger partial charge in [-0.3, -0.25) is 0 Å². The van der Waals surface area contributed by atoms with E-state index in [-0.39, 0.29) is 0 Å². The Hall–Kier alpha value is -2.83. The molecule has 0 saturated carbocycles. The predicted octanol–water partition coefficient (Wildman–Crippen LogP) is 4.35. The number of hydrogen-bond acceptors (Lipinski definition) is 4. The van der Waals surface area contributed by atoms with E-state index in [2.05, 4.69) is 0 Å². The Balaban J connectivity index is 1.87. The third-order valence-corrected chi connectivity index (χ3v) is 7.47. The van der Waals surface area contributed by atoms with Gasteiger partial charge in [0, 0.05) is 6.54 Å². The molecule has 0 aliphatic carbocycles. The first-order valence-electron chi connectivity index (χ1n) is 9.83. The summed E-state index contributed by atoms with van der Waals surface area (Å²) in [6.07, 6.45) is 0.650. The number of rotatable bonds is 5. The highest BCUT2D eigenvalue weighted by atomic mass is 32.2. The molecule has 6 heteroatoms. The Morgan fingerprint density at radius 2 is 1.50 bits per heavy atom. The highest BCUT2D eigenvalue weighted by molar-refractivity contribution is 7.89. The smallest absolute Gasteiger partial charge is 0.243 e. The number of hydrogen-bond donors (Lipinski definition) is 0. The van der Waals surface area contributed by atoms with Crippen molar-refractivity contribution in [2.45, 2.75) is 24.3 Å². The molecule has 4 rings (SSSR count). The molecular formula is C24H25NO4S. The van der Waals surface area contributed by atoms with Gasteiger partial charge in [-0.2, -0.15) is 4.31 Å². The van der Waals surface area contributed by atoms with Crippen LogP contribution in [0.4, 0.5) is 0 Å². The maximum Gasteiger partial charge on any atom is 0.243 e. The van der Waals surface area contributed by atoms with E-state index in [9.17, 15) is 8.42 Å². The summed E-state index contributed by atoms with van der Waals surface area (Å²) in [4.78, 5) is 0.304. The van der Waals surface area contributed by atoms with Gasteiger partial charge in [0.2, 0.25) is 10.0 Å². The van der Waals surface area contributed by atoms with Crippen LogP contribution in [0.25, 0.3) is 0 Å². The molecule has 0 aromatic heterocycles. The first kappa shape index (κ1) is 20.4. The van der Waals surface area contributed by atoms with Crippen LogP contribution in [-0.4, -0.2) is 33.5 Å². The minimum absolute atomic E-state index is 0.304. The molecule has 1 aliphatic heterocycles. The summed E-state index contributed by atoms with van der Waals surface area (Å²) in [6.45, 7) is 2.35. The number of fused-ring (bicyclic) bond motifs is 1. The molecule has 0 amide bonds. The third-order valence-electron chi connectivity index (χ3n) is 5.60. The third kappa shape index (κ3) is 3.68. The summed E-state index contributed by atoms with van der Waals surface area (Å²) in [7, 11) is -0.459. The van der Waals surface area contributed by atoms with Crippen LogP contribution in [0.3, 0.4) is 0 Å². The predicted molar refractivity (Wildman–Crippen MR) is 117 cm³/mol. The zero-order chi connectivity index (χ0) is 21.3. The molecule has 1 unspecified atom stereocenters. The molecular weight excluding hydrogens is 398 g/mol. The highest BCUT2D eigenvalue weighted by Crippen LogP contribution is 2.40. The molecule has 1 heterocycles. The standard InChI is InChI=1S/C24H25NO4S/c1-17-4-12-22(13-5-17)30(26,27)25-15-14-18-6-11-21(29-3)16-23(18)24(25)19-7-9-20(28-2)10-8-19/h4-13,16,24H,14-15H2,1-3H3. The van der Waals surface area contributed by atoms with Crippen molar-refractivity contribution in [3.63, 3.8) is 0 Å². The Morgan fingerprint density at radius 3 is 2.13 bits per heavy atom. The van der Waals surface area contributed by atoms with Gasteiger partial charge in [0.25, 0.3) is 0 Å². The van der Waals surface area contributed by atoms with Crippen LogP contribution in [0.2, 0.25) is 0 Å². The van der Waals surface area contributed by atoms with Gasteiger partial charge in [0.1, 0.15) is 11.5 Å². The average Bonchev–Trinajstić information content (AvgIpc) is 2.78. The Kier molecular flexibility index (Phi) is 5.54. The van der Waals surface area contributed by atoms with Crippen LogP contribution >= 0.6 is 0 Å². The lowest BCUT2D eigenvalue weighted by molar-refractivity contribution is 0.341. The zero-order valence-electron chi connectivity index (χ0n) is 17.3. The molecule has 0 spiro atoms. The quantitative estimate of drug-likeness (QED) is 0.612. The van der Waals surface area contributed by atoms with Gasteiger partial charge in [-0.1, -0.05) is 35.9 Å². The van der Waals surface area contributed by atoms with Gasteiger partial charge < -0.3 is 9.47 Å². The van der Waals surface area contributed by atoms with E-state index in [4.69, 9.17) is 9.47 Å². The Bertz CT molecular complexity index is 1140. The number of aryl methyl sites for hydroxylation is 1. The molecule has 5 nitrogen and oxygen atoms in total. The summed E-state index contributed by atoms with van der Waals surface area (Å²) >= 11 is 0. The van der Waals surface area contributed by atoms with Crippen molar-refractivity contribution in [2.24, 2.45) is 0 Å². The molecule has 1 atom stereocenters. The summed E-state index contributed by atoms with van der Waals surface area (Å²) in [6, 6.07) is 20.0. The topological polar surface area (TPSA) is 55.8 Å². The van der Waals surface area contributed by atoms with Crippen LogP contribution in [0.1, 0.15) is 28.3 Å². The second-order valence-electron chi connectivity index (χ2n) is 7.42. The van der Waals surface area contributed by atoms with Gasteiger partial charge >= 0.3 is 0 Å².